The van der Waals surface area contributed by atoms with E-state index in [2.05, 4.69) is 29.9 Å². The molecule has 0 amide bonds. The lowest BCUT2D eigenvalue weighted by molar-refractivity contribution is 0.309. The molecule has 0 saturated carbocycles. The van der Waals surface area contributed by atoms with Crippen LogP contribution < -0.4 is 16.8 Å². The van der Waals surface area contributed by atoms with Crippen molar-refractivity contribution in [3.05, 3.63) is 39.6 Å². The van der Waals surface area contributed by atoms with Crippen molar-refractivity contribution in [2.24, 2.45) is 5.73 Å². The molecule has 3 N–H and O–H groups in total. The second-order valence-corrected chi connectivity index (χ2v) is 4.79. The summed E-state index contributed by atoms with van der Waals surface area (Å²) in [6, 6.07) is 3.73. The molecule has 23 heavy (non-hydrogen) atoms. The SMILES string of the molecule is NCCNc1nonc1-c1noc(=O)n1-c1ccc(F)c(Cl)c1. The smallest absolute Gasteiger partial charge is 0.364 e. The van der Waals surface area contributed by atoms with E-state index in [0.717, 1.165) is 10.6 Å². The van der Waals surface area contributed by atoms with E-state index in [1.807, 2.05) is 0 Å². The van der Waals surface area contributed by atoms with Gasteiger partial charge in [0.05, 0.1) is 10.7 Å². The monoisotopic (exact) mass is 340 g/mol. The van der Waals surface area contributed by atoms with Gasteiger partial charge in [-0.1, -0.05) is 16.8 Å². The van der Waals surface area contributed by atoms with E-state index < -0.39 is 11.6 Å². The van der Waals surface area contributed by atoms with Crippen LogP contribution in [0.15, 0.2) is 32.1 Å². The lowest BCUT2D eigenvalue weighted by Gasteiger charge is -2.05. The fourth-order valence-electron chi connectivity index (χ4n) is 1.89. The van der Waals surface area contributed by atoms with E-state index in [0.29, 0.717) is 13.1 Å². The van der Waals surface area contributed by atoms with Crippen LogP contribution in [-0.4, -0.2) is 33.1 Å². The van der Waals surface area contributed by atoms with Crippen LogP contribution in [0.3, 0.4) is 0 Å². The summed E-state index contributed by atoms with van der Waals surface area (Å²) in [5, 5.41) is 13.8. The Balaban J connectivity index is 2.11. The number of nitrogens with one attached hydrogen (secondary N) is 1. The Morgan fingerprint density at radius 2 is 2.17 bits per heavy atom. The van der Waals surface area contributed by atoms with Crippen LogP contribution in [-0.2, 0) is 0 Å². The fraction of sp³-hybridized carbons (Fsp3) is 0.167. The van der Waals surface area contributed by atoms with Crippen LogP contribution in [0.2, 0.25) is 5.02 Å². The van der Waals surface area contributed by atoms with Gasteiger partial charge in [0.25, 0.3) is 0 Å². The Hall–Kier alpha value is -2.72. The molecule has 9 nitrogen and oxygen atoms in total. The first-order chi connectivity index (χ1) is 11.1. The van der Waals surface area contributed by atoms with Gasteiger partial charge >= 0.3 is 5.76 Å². The molecular weight excluding hydrogens is 331 g/mol. The Kier molecular flexibility index (Phi) is 4.08. The van der Waals surface area contributed by atoms with Gasteiger partial charge in [-0.2, -0.15) is 0 Å². The zero-order valence-electron chi connectivity index (χ0n) is 11.5. The van der Waals surface area contributed by atoms with Crippen LogP contribution in [0.25, 0.3) is 17.2 Å². The Morgan fingerprint density at radius 1 is 1.35 bits per heavy atom. The Bertz CT molecular complexity index is 889. The van der Waals surface area contributed by atoms with E-state index in [1.165, 1.54) is 12.1 Å². The minimum Gasteiger partial charge on any atom is -0.364 e. The summed E-state index contributed by atoms with van der Waals surface area (Å²) in [5.41, 5.74) is 5.81. The maximum atomic E-state index is 13.3. The summed E-state index contributed by atoms with van der Waals surface area (Å²) in [6.45, 7) is 0.761. The first-order valence-corrected chi connectivity index (χ1v) is 6.80. The lowest BCUT2D eigenvalue weighted by atomic mass is 10.3. The zero-order chi connectivity index (χ0) is 16.4. The van der Waals surface area contributed by atoms with E-state index in [-0.39, 0.29) is 28.0 Å². The standard InChI is InChI=1S/C12H10ClFN6O3/c13-7-5-6(1-2-8(7)14)20-11(19-22-12(20)21)9-10(16-4-3-15)18-23-17-9/h1-2,5H,3-4,15H2,(H,16,18). The quantitative estimate of drug-likeness (QED) is 0.705. The van der Waals surface area contributed by atoms with Crippen molar-refractivity contribution >= 4 is 17.4 Å². The van der Waals surface area contributed by atoms with E-state index >= 15 is 0 Å². The number of anilines is 1. The summed E-state index contributed by atoms with van der Waals surface area (Å²) >= 11 is 5.75. The molecule has 0 atom stereocenters. The molecule has 2 aromatic heterocycles. The molecule has 1 aromatic carbocycles. The second kappa shape index (κ2) is 6.18. The summed E-state index contributed by atoms with van der Waals surface area (Å²) in [6.07, 6.45) is 0. The van der Waals surface area contributed by atoms with Crippen LogP contribution >= 0.6 is 11.6 Å². The molecule has 0 unspecified atom stereocenters. The van der Waals surface area contributed by atoms with Gasteiger partial charge in [-0.25, -0.2) is 18.4 Å². The van der Waals surface area contributed by atoms with Crippen molar-refractivity contribution in [3.63, 3.8) is 0 Å². The normalized spacial score (nSPS) is 10.9. The first-order valence-electron chi connectivity index (χ1n) is 6.43. The largest absolute Gasteiger partial charge is 0.446 e. The summed E-state index contributed by atoms with van der Waals surface area (Å²) in [5.74, 6) is -1.14. The Morgan fingerprint density at radius 3 is 2.91 bits per heavy atom. The number of rotatable bonds is 5. The van der Waals surface area contributed by atoms with Gasteiger partial charge in [0, 0.05) is 13.1 Å². The minimum atomic E-state index is -0.796. The summed E-state index contributed by atoms with van der Waals surface area (Å²) in [4.78, 5) is 11.9. The molecule has 0 bridgehead atoms. The molecule has 3 rings (SSSR count). The number of hydrogen-bond donors (Lipinski definition) is 2. The van der Waals surface area contributed by atoms with Crippen LogP contribution in [0.5, 0.6) is 0 Å². The summed E-state index contributed by atoms with van der Waals surface area (Å²) < 4.78 is 23.7. The first kappa shape index (κ1) is 15.2. The molecule has 3 aromatic rings. The maximum Gasteiger partial charge on any atom is 0.446 e. The Labute approximate surface area is 132 Å². The van der Waals surface area contributed by atoms with E-state index in [4.69, 9.17) is 17.3 Å². The molecule has 0 radical (unpaired) electrons. The lowest BCUT2D eigenvalue weighted by Crippen LogP contribution is -2.16. The average molecular weight is 341 g/mol. The highest BCUT2D eigenvalue weighted by atomic mass is 35.5. The number of nitrogens with zero attached hydrogens (tertiary/aromatic N) is 4. The molecule has 120 valence electrons. The van der Waals surface area contributed by atoms with Gasteiger partial charge in [0.1, 0.15) is 5.82 Å². The number of halogens is 2. The van der Waals surface area contributed by atoms with E-state index in [1.54, 1.807) is 0 Å². The van der Waals surface area contributed by atoms with Crippen molar-refractivity contribution in [1.82, 2.24) is 20.0 Å². The predicted octanol–water partition coefficient (Wildman–Crippen LogP) is 1.04. The van der Waals surface area contributed by atoms with Crippen molar-refractivity contribution in [3.8, 4) is 17.2 Å². The van der Waals surface area contributed by atoms with Crippen LogP contribution in [0.4, 0.5) is 10.2 Å². The van der Waals surface area contributed by atoms with Crippen molar-refractivity contribution in [2.45, 2.75) is 0 Å². The molecule has 11 heteroatoms. The number of nitrogens with two attached hydrogens (primary N) is 1. The molecule has 0 saturated heterocycles. The van der Waals surface area contributed by atoms with Crippen LogP contribution in [0.1, 0.15) is 0 Å². The molecule has 2 heterocycles. The maximum absolute atomic E-state index is 13.3. The third-order valence-corrected chi connectivity index (χ3v) is 3.19. The molecule has 0 aliphatic rings. The van der Waals surface area contributed by atoms with Crippen molar-refractivity contribution in [2.75, 3.05) is 18.4 Å². The fourth-order valence-corrected chi connectivity index (χ4v) is 2.07. The highest BCUT2D eigenvalue weighted by Gasteiger charge is 2.22. The molecule has 0 spiro atoms. The third kappa shape index (κ3) is 2.81. The van der Waals surface area contributed by atoms with Crippen molar-refractivity contribution in [1.29, 1.82) is 0 Å². The predicted molar refractivity (Wildman–Crippen MR) is 77.9 cm³/mol. The van der Waals surface area contributed by atoms with Gasteiger partial charge in [0.15, 0.2) is 5.69 Å². The van der Waals surface area contributed by atoms with Gasteiger partial charge in [0.2, 0.25) is 11.6 Å². The third-order valence-electron chi connectivity index (χ3n) is 2.90. The zero-order valence-corrected chi connectivity index (χ0v) is 12.2. The van der Waals surface area contributed by atoms with Gasteiger partial charge in [-0.15, -0.1) is 0 Å². The van der Waals surface area contributed by atoms with Gasteiger partial charge in [-0.3, -0.25) is 4.52 Å². The van der Waals surface area contributed by atoms with E-state index in [9.17, 15) is 9.18 Å². The second-order valence-electron chi connectivity index (χ2n) is 4.38. The average Bonchev–Trinajstić information content (AvgIpc) is 3.14. The molecule has 0 aliphatic carbocycles. The van der Waals surface area contributed by atoms with Crippen LogP contribution in [0, 0.1) is 5.82 Å². The number of hydrogen-bond acceptors (Lipinski definition) is 8. The number of aromatic nitrogens is 4. The molecule has 0 aliphatic heterocycles. The number of benzene rings is 1. The highest BCUT2D eigenvalue weighted by molar-refractivity contribution is 6.30. The van der Waals surface area contributed by atoms with Crippen molar-refractivity contribution < 1.29 is 13.5 Å². The van der Waals surface area contributed by atoms with Gasteiger partial charge in [-0.05, 0) is 28.5 Å². The minimum absolute atomic E-state index is 0.0263. The topological polar surface area (TPSA) is 125 Å². The molecular formula is C12H10ClFN6O3. The van der Waals surface area contributed by atoms with Gasteiger partial charge < -0.3 is 11.1 Å². The molecule has 0 fully saturated rings. The summed E-state index contributed by atoms with van der Waals surface area (Å²) in [7, 11) is 0. The highest BCUT2D eigenvalue weighted by Crippen LogP contribution is 2.25.